The smallest absolute Gasteiger partial charge is 0.111 e. The third-order valence-corrected chi connectivity index (χ3v) is 7.99. The van der Waals surface area contributed by atoms with E-state index >= 15 is 0 Å². The highest BCUT2D eigenvalue weighted by atomic mass is 16.6. The van der Waals surface area contributed by atoms with E-state index < -0.39 is 0 Å². The summed E-state index contributed by atoms with van der Waals surface area (Å²) in [6.07, 6.45) is 2.97. The van der Waals surface area contributed by atoms with E-state index in [1.165, 1.54) is 10.8 Å². The second-order valence-corrected chi connectivity index (χ2v) is 10.5. The van der Waals surface area contributed by atoms with Gasteiger partial charge in [0.25, 0.3) is 0 Å². The fourth-order valence-electron chi connectivity index (χ4n) is 5.44. The maximum Gasteiger partial charge on any atom is 0.111 e. The third-order valence-electron chi connectivity index (χ3n) is 7.99. The lowest BCUT2D eigenvalue weighted by molar-refractivity contribution is -0.234. The van der Waals surface area contributed by atoms with Crippen molar-refractivity contribution in [3.05, 3.63) is 96.6 Å². The second-order valence-electron chi connectivity index (χ2n) is 10.5. The number of hydrogen-bond donors (Lipinski definition) is 1. The highest BCUT2D eigenvalue weighted by Crippen LogP contribution is 2.38. The van der Waals surface area contributed by atoms with Crippen LogP contribution in [0.4, 0.5) is 0 Å². The van der Waals surface area contributed by atoms with Crippen LogP contribution in [0.5, 0.6) is 0 Å². The number of aliphatic hydroxyl groups excluding tert-OH is 1. The quantitative estimate of drug-likeness (QED) is 0.272. The molecule has 3 aromatic carbocycles. The average Bonchev–Trinajstić information content (AvgIpc) is 2.94. The van der Waals surface area contributed by atoms with Gasteiger partial charge in [0.05, 0.1) is 31.5 Å². The number of fused-ring (bicyclic) bond motifs is 1. The van der Waals surface area contributed by atoms with Crippen LogP contribution in [0.25, 0.3) is 10.8 Å². The summed E-state index contributed by atoms with van der Waals surface area (Å²) in [7, 11) is 0. The summed E-state index contributed by atoms with van der Waals surface area (Å²) < 4.78 is 20.1. The fraction of sp³-hybridized carbons (Fsp3) is 0.455. The predicted molar refractivity (Wildman–Crippen MR) is 150 cm³/mol. The van der Waals surface area contributed by atoms with Crippen molar-refractivity contribution in [3.63, 3.8) is 0 Å². The average molecular weight is 503 g/mol. The highest BCUT2D eigenvalue weighted by Gasteiger charge is 2.46. The monoisotopic (exact) mass is 502 g/mol. The minimum absolute atomic E-state index is 0.0486. The molecular weight excluding hydrogens is 460 g/mol. The van der Waals surface area contributed by atoms with E-state index in [-0.39, 0.29) is 42.9 Å². The van der Waals surface area contributed by atoms with Gasteiger partial charge in [-0.2, -0.15) is 0 Å². The number of aliphatic hydroxyl groups is 1. The number of benzene rings is 3. The molecule has 0 saturated carbocycles. The van der Waals surface area contributed by atoms with E-state index in [9.17, 15) is 5.11 Å². The molecular formula is C33H42O4. The lowest BCUT2D eigenvalue weighted by Gasteiger charge is -2.48. The fourth-order valence-corrected chi connectivity index (χ4v) is 5.44. The van der Waals surface area contributed by atoms with Crippen LogP contribution < -0.4 is 0 Å². The van der Waals surface area contributed by atoms with Crippen LogP contribution >= 0.6 is 0 Å². The molecule has 4 nitrogen and oxygen atoms in total. The Bertz CT molecular complexity index is 1110. The minimum Gasteiger partial charge on any atom is -0.396 e. The Hall–Kier alpha value is -2.50. The first-order valence-corrected chi connectivity index (χ1v) is 13.7. The summed E-state index contributed by atoms with van der Waals surface area (Å²) in [5.74, 6) is 0.653. The van der Waals surface area contributed by atoms with E-state index in [0.717, 1.165) is 24.0 Å². The molecule has 4 rings (SSSR count). The van der Waals surface area contributed by atoms with Crippen LogP contribution in [0, 0.1) is 17.8 Å². The number of ether oxygens (including phenoxy) is 3. The molecule has 0 spiro atoms. The predicted octanol–water partition coefficient (Wildman–Crippen LogP) is 6.94. The lowest BCUT2D eigenvalue weighted by atomic mass is 9.77. The van der Waals surface area contributed by atoms with Gasteiger partial charge in [-0.1, -0.05) is 93.6 Å². The Labute approximate surface area is 222 Å². The van der Waals surface area contributed by atoms with Crippen LogP contribution in [-0.2, 0) is 27.4 Å². The zero-order valence-electron chi connectivity index (χ0n) is 22.5. The number of hydrogen-bond acceptors (Lipinski definition) is 4. The summed E-state index contributed by atoms with van der Waals surface area (Å²) in [5, 5.41) is 11.9. The van der Waals surface area contributed by atoms with E-state index in [1.807, 2.05) is 24.3 Å². The molecule has 37 heavy (non-hydrogen) atoms. The first-order valence-electron chi connectivity index (χ1n) is 13.7. The standard InChI is InChI=1S/C33H42O4/c1-5-23(2)31(35-21-26-12-7-6-8-13-26)33-32(25(4)24(3)30(37-33)16-11-19-34)36-22-27-17-18-28-14-9-10-15-29(28)20-27/h5-10,12-15,17-18,20,23-25,30-34H,1,11,16,19,21-22H2,2-4H3/t23-,24+,25+,30-,31+,32-,33+/m1/s1. The van der Waals surface area contributed by atoms with Gasteiger partial charge in [0, 0.05) is 12.5 Å². The molecule has 0 amide bonds. The molecule has 0 aliphatic carbocycles. The van der Waals surface area contributed by atoms with Gasteiger partial charge in [0.2, 0.25) is 0 Å². The van der Waals surface area contributed by atoms with Crippen LogP contribution in [0.2, 0.25) is 0 Å². The van der Waals surface area contributed by atoms with Crippen molar-refractivity contribution >= 4 is 10.8 Å². The summed E-state index contributed by atoms with van der Waals surface area (Å²) in [5.41, 5.74) is 2.28. The van der Waals surface area contributed by atoms with Gasteiger partial charge in [-0.05, 0) is 52.6 Å². The van der Waals surface area contributed by atoms with Gasteiger partial charge in [-0.25, -0.2) is 0 Å². The normalized spacial score (nSPS) is 25.6. The Morgan fingerprint density at radius 1 is 0.919 bits per heavy atom. The molecule has 1 aliphatic heterocycles. The topological polar surface area (TPSA) is 47.9 Å². The Balaban J connectivity index is 1.57. The van der Waals surface area contributed by atoms with Gasteiger partial charge in [-0.3, -0.25) is 0 Å². The molecule has 1 N–H and O–H groups in total. The molecule has 0 unspecified atom stereocenters. The largest absolute Gasteiger partial charge is 0.396 e. The number of rotatable bonds is 12. The third kappa shape index (κ3) is 6.88. The van der Waals surface area contributed by atoms with Crippen molar-refractivity contribution in [2.45, 2.75) is 71.2 Å². The van der Waals surface area contributed by atoms with Crippen LogP contribution in [0.1, 0.15) is 44.7 Å². The summed E-state index contributed by atoms with van der Waals surface area (Å²) in [4.78, 5) is 0. The molecule has 0 aromatic heterocycles. The van der Waals surface area contributed by atoms with Gasteiger partial charge < -0.3 is 19.3 Å². The zero-order chi connectivity index (χ0) is 26.2. The molecule has 0 bridgehead atoms. The summed E-state index contributed by atoms with van der Waals surface area (Å²) >= 11 is 0. The molecule has 1 saturated heterocycles. The van der Waals surface area contributed by atoms with E-state index in [1.54, 1.807) is 0 Å². The Morgan fingerprint density at radius 3 is 2.38 bits per heavy atom. The summed E-state index contributed by atoms with van der Waals surface area (Å²) in [6.45, 7) is 11.9. The van der Waals surface area contributed by atoms with Crippen molar-refractivity contribution in [1.82, 2.24) is 0 Å². The van der Waals surface area contributed by atoms with Crippen molar-refractivity contribution < 1.29 is 19.3 Å². The molecule has 198 valence electrons. The van der Waals surface area contributed by atoms with Crippen molar-refractivity contribution in [2.75, 3.05) is 6.61 Å². The molecule has 1 aliphatic rings. The maximum atomic E-state index is 9.48. The Morgan fingerprint density at radius 2 is 1.65 bits per heavy atom. The molecule has 0 radical (unpaired) electrons. The van der Waals surface area contributed by atoms with Crippen LogP contribution in [0.15, 0.2) is 85.5 Å². The van der Waals surface area contributed by atoms with E-state index in [2.05, 4.69) is 81.9 Å². The Kier molecular flexibility index (Phi) is 9.93. The van der Waals surface area contributed by atoms with Crippen molar-refractivity contribution in [1.29, 1.82) is 0 Å². The molecule has 1 fully saturated rings. The highest BCUT2D eigenvalue weighted by molar-refractivity contribution is 5.82. The van der Waals surface area contributed by atoms with Crippen molar-refractivity contribution in [2.24, 2.45) is 17.8 Å². The molecule has 4 heteroatoms. The van der Waals surface area contributed by atoms with E-state index in [0.29, 0.717) is 19.1 Å². The first-order chi connectivity index (χ1) is 18.0. The van der Waals surface area contributed by atoms with Crippen LogP contribution in [-0.4, -0.2) is 36.1 Å². The first kappa shape index (κ1) is 27.5. The molecule has 1 heterocycles. The lowest BCUT2D eigenvalue weighted by Crippen LogP contribution is -2.56. The summed E-state index contributed by atoms with van der Waals surface area (Å²) in [6, 6.07) is 25.2. The maximum absolute atomic E-state index is 9.48. The van der Waals surface area contributed by atoms with E-state index in [4.69, 9.17) is 14.2 Å². The molecule has 3 aromatic rings. The van der Waals surface area contributed by atoms with Gasteiger partial charge >= 0.3 is 0 Å². The minimum atomic E-state index is -0.243. The van der Waals surface area contributed by atoms with Crippen molar-refractivity contribution in [3.8, 4) is 0 Å². The van der Waals surface area contributed by atoms with Gasteiger partial charge in [0.15, 0.2) is 0 Å². The second kappa shape index (κ2) is 13.3. The molecule has 7 atom stereocenters. The van der Waals surface area contributed by atoms with Gasteiger partial charge in [-0.15, -0.1) is 6.58 Å². The SMILES string of the molecule is C=C[C@@H](C)[C@H](OCc1ccccc1)[C@@H]1O[C@H](CCCO)[C@@H](C)[C@H](C)[C@H]1OCc1ccc2ccccc2c1. The van der Waals surface area contributed by atoms with Gasteiger partial charge in [0.1, 0.15) is 6.10 Å². The van der Waals surface area contributed by atoms with Crippen LogP contribution in [0.3, 0.4) is 0 Å². The zero-order valence-corrected chi connectivity index (χ0v) is 22.5.